The third-order valence-electron chi connectivity index (χ3n) is 2.87. The van der Waals surface area contributed by atoms with Gasteiger partial charge in [0, 0.05) is 18.1 Å². The first kappa shape index (κ1) is 14.8. The van der Waals surface area contributed by atoms with Gasteiger partial charge in [-0.1, -0.05) is 25.1 Å². The fraction of sp³-hybridized carbons (Fsp3) is 0.462. The predicted molar refractivity (Wildman–Crippen MR) is 68.2 cm³/mol. The maximum Gasteiger partial charge on any atom is 0.175 e. The van der Waals surface area contributed by atoms with Crippen molar-refractivity contribution in [1.82, 2.24) is 0 Å². The number of ketones is 1. The highest BCUT2D eigenvalue weighted by Gasteiger charge is 2.32. The number of sulfone groups is 1. The lowest BCUT2D eigenvalue weighted by molar-refractivity contribution is -0.118. The van der Waals surface area contributed by atoms with E-state index >= 15 is 0 Å². The molecule has 1 atom stereocenters. The van der Waals surface area contributed by atoms with Crippen LogP contribution in [-0.4, -0.2) is 27.1 Å². The standard InChI is InChI=1S/C13H17FO3S/c1-10(15)8-13(2,9-14)11-6-4-5-7-12(11)18(3,16)17/h4-7H,8-9H2,1-3H3. The molecule has 0 fully saturated rings. The normalized spacial score (nSPS) is 15.1. The first-order valence-corrected chi connectivity index (χ1v) is 7.45. The minimum atomic E-state index is -3.44. The molecule has 0 heterocycles. The number of hydrogen-bond acceptors (Lipinski definition) is 3. The SMILES string of the molecule is CC(=O)CC(C)(CF)c1ccccc1S(C)(=O)=O. The summed E-state index contributed by atoms with van der Waals surface area (Å²) in [6, 6.07) is 6.25. The molecule has 0 saturated heterocycles. The first-order chi connectivity index (χ1) is 8.20. The van der Waals surface area contributed by atoms with E-state index in [1.165, 1.54) is 13.0 Å². The van der Waals surface area contributed by atoms with E-state index in [-0.39, 0.29) is 17.1 Å². The van der Waals surface area contributed by atoms with Gasteiger partial charge in [0.25, 0.3) is 0 Å². The van der Waals surface area contributed by atoms with Crippen molar-refractivity contribution in [3.8, 4) is 0 Å². The van der Waals surface area contributed by atoms with Crippen LogP contribution in [0, 0.1) is 0 Å². The Morgan fingerprint density at radius 2 is 1.89 bits per heavy atom. The molecule has 0 saturated carbocycles. The Morgan fingerprint density at radius 1 is 1.33 bits per heavy atom. The lowest BCUT2D eigenvalue weighted by atomic mass is 9.79. The Kier molecular flexibility index (Phi) is 4.27. The average Bonchev–Trinajstić information content (AvgIpc) is 2.27. The summed E-state index contributed by atoms with van der Waals surface area (Å²) >= 11 is 0. The highest BCUT2D eigenvalue weighted by molar-refractivity contribution is 7.90. The summed E-state index contributed by atoms with van der Waals surface area (Å²) in [5.74, 6) is -0.168. The van der Waals surface area contributed by atoms with Crippen LogP contribution in [0.25, 0.3) is 0 Å². The van der Waals surface area contributed by atoms with Crippen molar-refractivity contribution in [3.63, 3.8) is 0 Å². The smallest absolute Gasteiger partial charge is 0.175 e. The van der Waals surface area contributed by atoms with Crippen molar-refractivity contribution in [3.05, 3.63) is 29.8 Å². The largest absolute Gasteiger partial charge is 0.300 e. The second-order valence-corrected chi connectivity index (χ2v) is 6.83. The third kappa shape index (κ3) is 3.16. The van der Waals surface area contributed by atoms with Gasteiger partial charge in [-0.15, -0.1) is 0 Å². The maximum absolute atomic E-state index is 13.3. The van der Waals surface area contributed by atoms with Crippen molar-refractivity contribution in [2.45, 2.75) is 30.6 Å². The summed E-state index contributed by atoms with van der Waals surface area (Å²) in [5.41, 5.74) is -0.726. The minimum absolute atomic E-state index is 0.0178. The third-order valence-corrected chi connectivity index (χ3v) is 4.03. The molecule has 1 aromatic carbocycles. The van der Waals surface area contributed by atoms with Gasteiger partial charge < -0.3 is 0 Å². The molecule has 0 amide bonds. The minimum Gasteiger partial charge on any atom is -0.300 e. The van der Waals surface area contributed by atoms with E-state index in [1.807, 2.05) is 0 Å². The molecule has 0 aromatic heterocycles. The summed E-state index contributed by atoms with van der Waals surface area (Å²) in [7, 11) is -3.44. The Bertz CT molecular complexity index is 551. The summed E-state index contributed by atoms with van der Waals surface area (Å²) < 4.78 is 36.7. The van der Waals surface area contributed by atoms with Crippen molar-refractivity contribution in [2.24, 2.45) is 0 Å². The van der Waals surface area contributed by atoms with Crippen LogP contribution in [0.4, 0.5) is 4.39 Å². The van der Waals surface area contributed by atoms with E-state index in [4.69, 9.17) is 0 Å². The molecule has 0 aliphatic heterocycles. The number of halogens is 1. The molecule has 3 nitrogen and oxygen atoms in total. The van der Waals surface area contributed by atoms with Gasteiger partial charge in [-0.05, 0) is 18.6 Å². The van der Waals surface area contributed by atoms with Crippen LogP contribution in [0.1, 0.15) is 25.8 Å². The number of benzene rings is 1. The molecular weight excluding hydrogens is 255 g/mol. The Morgan fingerprint density at radius 3 is 2.33 bits per heavy atom. The number of carbonyl (C=O) groups excluding carboxylic acids is 1. The van der Waals surface area contributed by atoms with Crippen molar-refractivity contribution >= 4 is 15.6 Å². The number of rotatable bonds is 5. The van der Waals surface area contributed by atoms with Gasteiger partial charge in [-0.25, -0.2) is 8.42 Å². The van der Waals surface area contributed by atoms with Crippen molar-refractivity contribution in [2.75, 3.05) is 12.9 Å². The van der Waals surface area contributed by atoms with E-state index in [1.54, 1.807) is 25.1 Å². The Hall–Kier alpha value is -1.23. The molecule has 0 radical (unpaired) electrons. The van der Waals surface area contributed by atoms with Gasteiger partial charge in [0.05, 0.1) is 11.6 Å². The molecule has 0 aliphatic carbocycles. The van der Waals surface area contributed by atoms with Gasteiger partial charge in [-0.3, -0.25) is 9.18 Å². The van der Waals surface area contributed by atoms with Crippen molar-refractivity contribution < 1.29 is 17.6 Å². The van der Waals surface area contributed by atoms with Crippen molar-refractivity contribution in [1.29, 1.82) is 0 Å². The molecule has 0 N–H and O–H groups in total. The van der Waals surface area contributed by atoms with Crippen LogP contribution >= 0.6 is 0 Å². The summed E-state index contributed by atoms with van der Waals surface area (Å²) in [4.78, 5) is 11.3. The molecule has 0 bridgehead atoms. The topological polar surface area (TPSA) is 51.2 Å². The number of alkyl halides is 1. The maximum atomic E-state index is 13.3. The molecule has 100 valence electrons. The zero-order valence-electron chi connectivity index (χ0n) is 10.7. The van der Waals surface area contributed by atoms with Crippen LogP contribution in [-0.2, 0) is 20.0 Å². The molecule has 1 aromatic rings. The number of Topliss-reactive ketones (excluding diaryl/α,β-unsaturated/α-hetero) is 1. The summed E-state index contributed by atoms with van der Waals surface area (Å²) in [6.07, 6.45) is 1.06. The monoisotopic (exact) mass is 272 g/mol. The number of carbonyl (C=O) groups is 1. The van der Waals surface area contributed by atoms with Crippen LogP contribution in [0.3, 0.4) is 0 Å². The van der Waals surface area contributed by atoms with E-state index in [0.717, 1.165) is 6.26 Å². The van der Waals surface area contributed by atoms with Crippen LogP contribution in [0.2, 0.25) is 0 Å². The second kappa shape index (κ2) is 5.18. The molecule has 18 heavy (non-hydrogen) atoms. The predicted octanol–water partition coefficient (Wildman–Crippen LogP) is 2.30. The van der Waals surface area contributed by atoms with E-state index in [2.05, 4.69) is 0 Å². The summed E-state index contributed by atoms with van der Waals surface area (Å²) in [5, 5.41) is 0. The second-order valence-electron chi connectivity index (χ2n) is 4.84. The van der Waals surface area contributed by atoms with Gasteiger partial charge >= 0.3 is 0 Å². The highest BCUT2D eigenvalue weighted by Crippen LogP contribution is 2.33. The van der Waals surface area contributed by atoms with Gasteiger partial charge in [0.15, 0.2) is 9.84 Å². The molecule has 1 rings (SSSR count). The quantitative estimate of drug-likeness (QED) is 0.826. The van der Waals surface area contributed by atoms with Gasteiger partial charge in [0.1, 0.15) is 5.78 Å². The molecular formula is C13H17FO3S. The van der Waals surface area contributed by atoms with E-state index in [9.17, 15) is 17.6 Å². The van der Waals surface area contributed by atoms with Crippen LogP contribution in [0.5, 0.6) is 0 Å². The fourth-order valence-corrected chi connectivity index (χ4v) is 3.09. The molecule has 0 spiro atoms. The van der Waals surface area contributed by atoms with Crippen LogP contribution in [0.15, 0.2) is 29.2 Å². The molecule has 5 heteroatoms. The zero-order valence-corrected chi connectivity index (χ0v) is 11.6. The van der Waals surface area contributed by atoms with Gasteiger partial charge in [0.2, 0.25) is 0 Å². The Balaban J connectivity index is 3.44. The summed E-state index contributed by atoms with van der Waals surface area (Å²) in [6.45, 7) is 2.16. The van der Waals surface area contributed by atoms with E-state index in [0.29, 0.717) is 5.56 Å². The lowest BCUT2D eigenvalue weighted by Crippen LogP contribution is -2.29. The average molecular weight is 272 g/mol. The number of hydrogen-bond donors (Lipinski definition) is 0. The Labute approximate surface area is 107 Å². The van der Waals surface area contributed by atoms with Crippen LogP contribution < -0.4 is 0 Å². The zero-order chi connectivity index (χ0) is 14.0. The first-order valence-electron chi connectivity index (χ1n) is 5.56. The molecule has 1 unspecified atom stereocenters. The lowest BCUT2D eigenvalue weighted by Gasteiger charge is -2.27. The highest BCUT2D eigenvalue weighted by atomic mass is 32.2. The van der Waals surface area contributed by atoms with Gasteiger partial charge in [-0.2, -0.15) is 0 Å². The van der Waals surface area contributed by atoms with E-state index < -0.39 is 21.9 Å². The fourth-order valence-electron chi connectivity index (χ4n) is 2.05. The molecule has 0 aliphatic rings.